The Bertz CT molecular complexity index is 967. The largest absolute Gasteiger partial charge is 0.497 e. The van der Waals surface area contributed by atoms with Gasteiger partial charge in [0.2, 0.25) is 0 Å². The second kappa shape index (κ2) is 9.05. The number of para-hydroxylation sites is 1. The van der Waals surface area contributed by atoms with E-state index in [0.717, 1.165) is 41.2 Å². The molecule has 2 aromatic carbocycles. The van der Waals surface area contributed by atoms with E-state index >= 15 is 0 Å². The van der Waals surface area contributed by atoms with Crippen LogP contribution in [0.4, 0.5) is 0 Å². The summed E-state index contributed by atoms with van der Waals surface area (Å²) in [7, 11) is 1.62. The van der Waals surface area contributed by atoms with Crippen molar-refractivity contribution in [1.29, 1.82) is 0 Å². The number of fused-ring (bicyclic) bond motifs is 1. The highest BCUT2D eigenvalue weighted by Gasteiger charge is 2.27. The van der Waals surface area contributed by atoms with Crippen molar-refractivity contribution in [3.05, 3.63) is 59.1 Å². The molecule has 150 valence electrons. The van der Waals surface area contributed by atoms with Crippen LogP contribution in [0.25, 0.3) is 10.2 Å². The molecule has 0 aliphatic carbocycles. The topological polar surface area (TPSA) is 64.0 Å². The lowest BCUT2D eigenvalue weighted by Gasteiger charge is -2.31. The molecule has 1 saturated heterocycles. The van der Waals surface area contributed by atoms with Crippen LogP contribution in [0.3, 0.4) is 0 Å². The monoisotopic (exact) mass is 409 g/mol. The normalized spacial score (nSPS) is 17.0. The molecule has 7 heteroatoms. The summed E-state index contributed by atoms with van der Waals surface area (Å²) in [6.07, 6.45) is 3.62. The fourth-order valence-electron chi connectivity index (χ4n) is 3.44. The first kappa shape index (κ1) is 19.4. The van der Waals surface area contributed by atoms with E-state index in [2.05, 4.69) is 11.2 Å². The SMILES string of the molecule is COc1ccc(/C=N\OCC(=O)N2CCC[C@H](c3nc4ccccc4s3)C2)cc1. The van der Waals surface area contributed by atoms with E-state index in [4.69, 9.17) is 14.6 Å². The molecular weight excluding hydrogens is 386 g/mol. The van der Waals surface area contributed by atoms with Crippen LogP contribution in [-0.2, 0) is 9.63 Å². The van der Waals surface area contributed by atoms with Crippen LogP contribution in [0.2, 0.25) is 0 Å². The fourth-order valence-corrected chi connectivity index (χ4v) is 4.53. The number of piperidine rings is 1. The molecule has 29 heavy (non-hydrogen) atoms. The summed E-state index contributed by atoms with van der Waals surface area (Å²) in [6, 6.07) is 15.6. The molecular formula is C22H23N3O3S. The summed E-state index contributed by atoms with van der Waals surface area (Å²) < 4.78 is 6.32. The van der Waals surface area contributed by atoms with E-state index in [1.807, 2.05) is 47.4 Å². The zero-order valence-electron chi connectivity index (χ0n) is 16.3. The number of hydrogen-bond donors (Lipinski definition) is 0. The Labute approximate surface area is 173 Å². The molecule has 0 saturated carbocycles. The summed E-state index contributed by atoms with van der Waals surface area (Å²) in [4.78, 5) is 24.4. The lowest BCUT2D eigenvalue weighted by molar-refractivity contribution is -0.137. The summed E-state index contributed by atoms with van der Waals surface area (Å²) >= 11 is 1.73. The van der Waals surface area contributed by atoms with Crippen LogP contribution in [0.5, 0.6) is 5.75 Å². The van der Waals surface area contributed by atoms with E-state index < -0.39 is 0 Å². The van der Waals surface area contributed by atoms with Gasteiger partial charge in [-0.05, 0) is 54.8 Å². The summed E-state index contributed by atoms with van der Waals surface area (Å²) in [5.74, 6) is 1.03. The van der Waals surface area contributed by atoms with Crippen molar-refractivity contribution in [3.63, 3.8) is 0 Å². The predicted molar refractivity (Wildman–Crippen MR) is 115 cm³/mol. The van der Waals surface area contributed by atoms with Gasteiger partial charge in [0.15, 0.2) is 6.61 Å². The predicted octanol–water partition coefficient (Wildman–Crippen LogP) is 4.06. The van der Waals surface area contributed by atoms with Crippen LogP contribution in [-0.4, -0.2) is 48.8 Å². The third kappa shape index (κ3) is 4.74. The lowest BCUT2D eigenvalue weighted by Crippen LogP contribution is -2.40. The van der Waals surface area contributed by atoms with Crippen LogP contribution >= 0.6 is 11.3 Å². The third-order valence-corrected chi connectivity index (χ3v) is 6.21. The summed E-state index contributed by atoms with van der Waals surface area (Å²) in [5.41, 5.74) is 1.92. The zero-order chi connectivity index (χ0) is 20.1. The first-order chi connectivity index (χ1) is 14.2. The number of aromatic nitrogens is 1. The van der Waals surface area contributed by atoms with Gasteiger partial charge in [-0.1, -0.05) is 17.3 Å². The van der Waals surface area contributed by atoms with Gasteiger partial charge < -0.3 is 14.5 Å². The Morgan fingerprint density at radius 1 is 1.28 bits per heavy atom. The van der Waals surface area contributed by atoms with Crippen molar-refractivity contribution in [2.75, 3.05) is 26.8 Å². The summed E-state index contributed by atoms with van der Waals surface area (Å²) in [6.45, 7) is 1.38. The Morgan fingerprint density at radius 2 is 2.10 bits per heavy atom. The van der Waals surface area contributed by atoms with Crippen molar-refractivity contribution in [1.82, 2.24) is 9.88 Å². The Hall–Kier alpha value is -2.93. The average Bonchev–Trinajstić information content (AvgIpc) is 3.21. The van der Waals surface area contributed by atoms with Crippen molar-refractivity contribution in [3.8, 4) is 5.75 Å². The maximum atomic E-state index is 12.5. The smallest absolute Gasteiger partial charge is 0.263 e. The standard InChI is InChI=1S/C22H23N3O3S/c1-27-18-10-8-16(9-11-18)13-23-28-15-21(26)25-12-4-5-17(14-25)22-24-19-6-2-3-7-20(19)29-22/h2-3,6-11,13,17H,4-5,12,14-15H2,1H3/b23-13-/t17-/m0/s1. The molecule has 1 aromatic heterocycles. The number of carbonyl (C=O) groups excluding carboxylic acids is 1. The van der Waals surface area contributed by atoms with Gasteiger partial charge in [0.1, 0.15) is 5.75 Å². The first-order valence-electron chi connectivity index (χ1n) is 9.65. The number of rotatable bonds is 6. The number of oxime groups is 1. The molecule has 6 nitrogen and oxygen atoms in total. The van der Waals surface area contributed by atoms with E-state index in [1.54, 1.807) is 24.7 Å². The quantitative estimate of drug-likeness (QED) is 0.455. The van der Waals surface area contributed by atoms with Crippen LogP contribution in [0.15, 0.2) is 53.7 Å². The third-order valence-electron chi connectivity index (χ3n) is 5.01. The minimum atomic E-state index is -0.0563. The molecule has 0 bridgehead atoms. The minimum Gasteiger partial charge on any atom is -0.497 e. The maximum absolute atomic E-state index is 12.5. The van der Waals surface area contributed by atoms with Gasteiger partial charge >= 0.3 is 0 Å². The number of methoxy groups -OCH3 is 1. The number of hydrogen-bond acceptors (Lipinski definition) is 6. The van der Waals surface area contributed by atoms with Gasteiger partial charge in [-0.2, -0.15) is 0 Å². The van der Waals surface area contributed by atoms with E-state index in [9.17, 15) is 4.79 Å². The molecule has 1 aliphatic heterocycles. The van der Waals surface area contributed by atoms with Gasteiger partial charge in [-0.25, -0.2) is 4.98 Å². The Kier molecular flexibility index (Phi) is 6.05. The number of benzene rings is 2. The van der Waals surface area contributed by atoms with Crippen LogP contribution in [0.1, 0.15) is 29.3 Å². The fraction of sp³-hybridized carbons (Fsp3) is 0.318. The van der Waals surface area contributed by atoms with Gasteiger partial charge in [0, 0.05) is 19.0 Å². The lowest BCUT2D eigenvalue weighted by atomic mass is 9.99. The molecule has 2 heterocycles. The van der Waals surface area contributed by atoms with E-state index in [0.29, 0.717) is 6.54 Å². The molecule has 1 atom stereocenters. The molecule has 1 aliphatic rings. The molecule has 0 N–H and O–H groups in total. The number of amides is 1. The Balaban J connectivity index is 1.30. The minimum absolute atomic E-state index is 0.0392. The van der Waals surface area contributed by atoms with Crippen molar-refractivity contribution in [2.24, 2.45) is 5.16 Å². The van der Waals surface area contributed by atoms with Crippen molar-refractivity contribution < 1.29 is 14.4 Å². The highest BCUT2D eigenvalue weighted by atomic mass is 32.1. The summed E-state index contributed by atoms with van der Waals surface area (Å²) in [5, 5.41) is 5.03. The number of likely N-dealkylation sites (tertiary alicyclic amines) is 1. The van der Waals surface area contributed by atoms with Gasteiger partial charge in [-0.15, -0.1) is 11.3 Å². The molecule has 3 aromatic rings. The maximum Gasteiger partial charge on any atom is 0.263 e. The van der Waals surface area contributed by atoms with Gasteiger partial charge in [0.05, 0.1) is 28.5 Å². The van der Waals surface area contributed by atoms with Crippen LogP contribution in [0, 0.1) is 0 Å². The van der Waals surface area contributed by atoms with Gasteiger partial charge in [-0.3, -0.25) is 4.79 Å². The zero-order valence-corrected chi connectivity index (χ0v) is 17.1. The average molecular weight is 410 g/mol. The number of ether oxygens (including phenoxy) is 1. The van der Waals surface area contributed by atoms with Gasteiger partial charge in [0.25, 0.3) is 5.91 Å². The first-order valence-corrected chi connectivity index (χ1v) is 10.5. The van der Waals surface area contributed by atoms with Crippen LogP contribution < -0.4 is 4.74 Å². The van der Waals surface area contributed by atoms with Crippen molar-refractivity contribution in [2.45, 2.75) is 18.8 Å². The van der Waals surface area contributed by atoms with E-state index in [1.165, 1.54) is 4.70 Å². The Morgan fingerprint density at radius 3 is 2.90 bits per heavy atom. The molecule has 1 amide bonds. The van der Waals surface area contributed by atoms with E-state index in [-0.39, 0.29) is 18.4 Å². The second-order valence-corrected chi connectivity index (χ2v) is 8.04. The molecule has 0 radical (unpaired) electrons. The second-order valence-electron chi connectivity index (χ2n) is 6.98. The molecule has 1 fully saturated rings. The molecule has 4 rings (SSSR count). The number of carbonyl (C=O) groups is 1. The number of thiazole rings is 1. The molecule has 0 spiro atoms. The highest BCUT2D eigenvalue weighted by Crippen LogP contribution is 2.32. The highest BCUT2D eigenvalue weighted by molar-refractivity contribution is 7.18. The van der Waals surface area contributed by atoms with Crippen molar-refractivity contribution >= 4 is 33.7 Å². The molecule has 0 unspecified atom stereocenters. The number of nitrogens with zero attached hydrogens (tertiary/aromatic N) is 3.